The van der Waals surface area contributed by atoms with Gasteiger partial charge < -0.3 is 5.11 Å². The van der Waals surface area contributed by atoms with E-state index in [0.29, 0.717) is 18.5 Å². The Hall–Kier alpha value is -2.26. The summed E-state index contributed by atoms with van der Waals surface area (Å²) in [6.07, 6.45) is 4.23. The fourth-order valence-corrected chi connectivity index (χ4v) is 3.66. The molecule has 0 unspecified atom stereocenters. The minimum Gasteiger partial charge on any atom is -0.481 e. The Balaban J connectivity index is 1.60. The topological polar surface area (TPSA) is 114 Å². The molecular weight excluding hydrogens is 320 g/mol. The van der Waals surface area contributed by atoms with Crippen molar-refractivity contribution in [2.75, 3.05) is 6.54 Å². The maximum Gasteiger partial charge on any atom is 0.306 e. The summed E-state index contributed by atoms with van der Waals surface area (Å²) < 4.78 is 28.5. The van der Waals surface area contributed by atoms with E-state index in [4.69, 9.17) is 5.11 Å². The fourth-order valence-electron chi connectivity index (χ4n) is 2.54. The number of nitrogens with one attached hydrogen (secondary N) is 1. The van der Waals surface area contributed by atoms with Crippen LogP contribution in [0.2, 0.25) is 0 Å². The van der Waals surface area contributed by atoms with Crippen LogP contribution in [0.15, 0.2) is 41.6 Å². The zero-order valence-corrected chi connectivity index (χ0v) is 13.0. The SMILES string of the molecule is O=C(O)C1CC(CNS(=O)(=O)c2ccc(-n3ccnn3)cc2)C1. The largest absolute Gasteiger partial charge is 0.481 e. The molecule has 122 valence electrons. The third-order valence-electron chi connectivity index (χ3n) is 3.98. The van der Waals surface area contributed by atoms with Gasteiger partial charge in [0.25, 0.3) is 0 Å². The van der Waals surface area contributed by atoms with Crippen LogP contribution in [0.25, 0.3) is 5.69 Å². The molecule has 0 bridgehead atoms. The van der Waals surface area contributed by atoms with E-state index < -0.39 is 16.0 Å². The Morgan fingerprint density at radius 3 is 2.57 bits per heavy atom. The first-order chi connectivity index (χ1) is 11.0. The average Bonchev–Trinajstić information content (AvgIpc) is 2.99. The van der Waals surface area contributed by atoms with Crippen molar-refractivity contribution in [1.82, 2.24) is 19.7 Å². The zero-order valence-electron chi connectivity index (χ0n) is 12.2. The maximum absolute atomic E-state index is 12.2. The van der Waals surface area contributed by atoms with E-state index in [1.807, 2.05) is 0 Å². The van der Waals surface area contributed by atoms with Crippen molar-refractivity contribution in [3.05, 3.63) is 36.7 Å². The molecule has 0 radical (unpaired) electrons. The van der Waals surface area contributed by atoms with Crippen molar-refractivity contribution in [3.8, 4) is 5.69 Å². The molecule has 9 heteroatoms. The summed E-state index contributed by atoms with van der Waals surface area (Å²) in [4.78, 5) is 10.9. The molecule has 1 aliphatic carbocycles. The number of hydrogen-bond donors (Lipinski definition) is 2. The first-order valence-electron chi connectivity index (χ1n) is 7.15. The number of sulfonamides is 1. The third kappa shape index (κ3) is 3.40. The van der Waals surface area contributed by atoms with Gasteiger partial charge in [-0.25, -0.2) is 17.8 Å². The predicted octanol–water partition coefficient (Wildman–Crippen LogP) is 0.656. The van der Waals surface area contributed by atoms with E-state index in [1.165, 1.54) is 23.0 Å². The molecule has 1 heterocycles. The number of rotatable bonds is 6. The van der Waals surface area contributed by atoms with Crippen molar-refractivity contribution in [3.63, 3.8) is 0 Å². The highest BCUT2D eigenvalue weighted by atomic mass is 32.2. The first kappa shape index (κ1) is 15.6. The van der Waals surface area contributed by atoms with Crippen molar-refractivity contribution in [2.45, 2.75) is 17.7 Å². The third-order valence-corrected chi connectivity index (χ3v) is 5.42. The van der Waals surface area contributed by atoms with Crippen LogP contribution in [0.1, 0.15) is 12.8 Å². The molecule has 0 aliphatic heterocycles. The molecule has 2 aromatic rings. The number of carboxylic acids is 1. The van der Waals surface area contributed by atoms with E-state index >= 15 is 0 Å². The molecule has 1 aliphatic rings. The van der Waals surface area contributed by atoms with Gasteiger partial charge >= 0.3 is 5.97 Å². The molecule has 8 nitrogen and oxygen atoms in total. The summed E-state index contributed by atoms with van der Waals surface area (Å²) in [5.74, 6) is -1.07. The minimum absolute atomic E-state index is 0.0836. The summed E-state index contributed by atoms with van der Waals surface area (Å²) in [6, 6.07) is 6.29. The van der Waals surface area contributed by atoms with Crippen molar-refractivity contribution in [1.29, 1.82) is 0 Å². The smallest absolute Gasteiger partial charge is 0.306 e. The van der Waals surface area contributed by atoms with Gasteiger partial charge in [0, 0.05) is 6.54 Å². The Bertz CT molecular complexity index is 781. The Kier molecular flexibility index (Phi) is 4.14. The highest BCUT2D eigenvalue weighted by Gasteiger charge is 2.34. The standard InChI is InChI=1S/C14H16N4O4S/c19-14(20)11-7-10(8-11)9-16-23(21,22)13-3-1-12(2-4-13)18-6-5-15-17-18/h1-6,10-11,16H,7-9H2,(H,19,20). The van der Waals surface area contributed by atoms with Gasteiger partial charge in [-0.05, 0) is 43.0 Å². The molecular formula is C14H16N4O4S. The lowest BCUT2D eigenvalue weighted by molar-refractivity contribution is -0.146. The number of carboxylic acid groups (broad SMARTS) is 1. The van der Waals surface area contributed by atoms with Crippen LogP contribution in [0.4, 0.5) is 0 Å². The molecule has 1 aromatic heterocycles. The van der Waals surface area contributed by atoms with Gasteiger partial charge in [0.1, 0.15) is 0 Å². The number of carbonyl (C=O) groups is 1. The summed E-state index contributed by atoms with van der Waals surface area (Å²) in [6.45, 7) is 0.261. The molecule has 1 fully saturated rings. The Labute approximate surface area is 133 Å². The number of aliphatic carboxylic acids is 1. The van der Waals surface area contributed by atoms with Crippen LogP contribution in [0, 0.1) is 11.8 Å². The monoisotopic (exact) mass is 336 g/mol. The van der Waals surface area contributed by atoms with Gasteiger partial charge in [-0.15, -0.1) is 5.10 Å². The highest BCUT2D eigenvalue weighted by Crippen LogP contribution is 2.33. The Morgan fingerprint density at radius 1 is 1.30 bits per heavy atom. The average molecular weight is 336 g/mol. The van der Waals surface area contributed by atoms with Crippen LogP contribution < -0.4 is 4.72 Å². The maximum atomic E-state index is 12.2. The van der Waals surface area contributed by atoms with Crippen molar-refractivity contribution in [2.24, 2.45) is 11.8 Å². The van der Waals surface area contributed by atoms with Crippen LogP contribution in [-0.2, 0) is 14.8 Å². The lowest BCUT2D eigenvalue weighted by Gasteiger charge is -2.32. The first-order valence-corrected chi connectivity index (χ1v) is 8.63. The van der Waals surface area contributed by atoms with Gasteiger partial charge in [0.05, 0.1) is 28.9 Å². The second kappa shape index (κ2) is 6.09. The summed E-state index contributed by atoms with van der Waals surface area (Å²) >= 11 is 0. The quantitative estimate of drug-likeness (QED) is 0.801. The second-order valence-corrected chi connectivity index (χ2v) is 7.33. The molecule has 1 saturated carbocycles. The van der Waals surface area contributed by atoms with Gasteiger partial charge in [0.15, 0.2) is 0 Å². The van der Waals surface area contributed by atoms with E-state index in [0.717, 1.165) is 0 Å². The summed E-state index contributed by atoms with van der Waals surface area (Å²) in [5.41, 5.74) is 0.713. The molecule has 0 atom stereocenters. The van der Waals surface area contributed by atoms with E-state index in [-0.39, 0.29) is 23.3 Å². The highest BCUT2D eigenvalue weighted by molar-refractivity contribution is 7.89. The van der Waals surface area contributed by atoms with Crippen LogP contribution in [0.5, 0.6) is 0 Å². The minimum atomic E-state index is -3.60. The van der Waals surface area contributed by atoms with E-state index in [2.05, 4.69) is 15.0 Å². The molecule has 1 aromatic carbocycles. The van der Waals surface area contributed by atoms with E-state index in [9.17, 15) is 13.2 Å². The Morgan fingerprint density at radius 2 is 2.00 bits per heavy atom. The lowest BCUT2D eigenvalue weighted by atomic mass is 9.75. The fraction of sp³-hybridized carbons (Fsp3) is 0.357. The number of hydrogen-bond acceptors (Lipinski definition) is 5. The molecule has 0 spiro atoms. The molecule has 0 amide bonds. The van der Waals surface area contributed by atoms with Crippen LogP contribution >= 0.6 is 0 Å². The summed E-state index contributed by atoms with van der Waals surface area (Å²) in [7, 11) is -3.60. The van der Waals surface area contributed by atoms with Crippen molar-refractivity contribution < 1.29 is 18.3 Å². The molecule has 2 N–H and O–H groups in total. The van der Waals surface area contributed by atoms with Crippen molar-refractivity contribution >= 4 is 16.0 Å². The number of nitrogens with zero attached hydrogens (tertiary/aromatic N) is 3. The van der Waals surface area contributed by atoms with Gasteiger partial charge in [0.2, 0.25) is 10.0 Å². The number of aromatic nitrogens is 3. The second-order valence-electron chi connectivity index (χ2n) is 5.57. The van der Waals surface area contributed by atoms with Gasteiger partial charge in [-0.3, -0.25) is 4.79 Å². The van der Waals surface area contributed by atoms with Crippen LogP contribution in [0.3, 0.4) is 0 Å². The molecule has 3 rings (SSSR count). The zero-order chi connectivity index (χ0) is 16.4. The predicted molar refractivity (Wildman–Crippen MR) is 80.4 cm³/mol. The lowest BCUT2D eigenvalue weighted by Crippen LogP contribution is -2.38. The van der Waals surface area contributed by atoms with Gasteiger partial charge in [-0.2, -0.15) is 0 Å². The number of benzene rings is 1. The summed E-state index contributed by atoms with van der Waals surface area (Å²) in [5, 5.41) is 16.3. The van der Waals surface area contributed by atoms with Crippen LogP contribution in [-0.4, -0.2) is 41.0 Å². The van der Waals surface area contributed by atoms with Gasteiger partial charge in [-0.1, -0.05) is 5.21 Å². The molecule has 23 heavy (non-hydrogen) atoms. The van der Waals surface area contributed by atoms with E-state index in [1.54, 1.807) is 18.3 Å². The normalized spacial score (nSPS) is 20.9. The molecule has 0 saturated heterocycles.